The Morgan fingerprint density at radius 2 is 2.11 bits per heavy atom. The first-order chi connectivity index (χ1) is 8.62. The molecule has 0 saturated carbocycles. The number of aldehydes is 1. The molecule has 1 atom stereocenters. The molecule has 0 heterocycles. The monoisotopic (exact) mass is 252 g/mol. The van der Waals surface area contributed by atoms with E-state index in [1.54, 1.807) is 25.1 Å². The fraction of sp³-hybridized carbons (Fsp3) is 0.385. The van der Waals surface area contributed by atoms with Crippen LogP contribution in [0.15, 0.2) is 18.2 Å². The molecule has 0 bridgehead atoms. The standard InChI is InChI=1S/C13H16O5/c1-4-17-12-7-10(8-14)5-6-11(12)18-9(2)13(15)16-3/h5-9H,4H2,1-3H3. The van der Waals surface area contributed by atoms with Crippen LogP contribution in [0.4, 0.5) is 0 Å². The molecule has 0 amide bonds. The summed E-state index contributed by atoms with van der Waals surface area (Å²) in [7, 11) is 1.29. The van der Waals surface area contributed by atoms with Gasteiger partial charge in [0.1, 0.15) is 6.29 Å². The summed E-state index contributed by atoms with van der Waals surface area (Å²) in [6.45, 7) is 3.83. The third-order valence-electron chi connectivity index (χ3n) is 2.24. The zero-order valence-corrected chi connectivity index (χ0v) is 10.6. The lowest BCUT2D eigenvalue weighted by molar-refractivity contribution is -0.147. The van der Waals surface area contributed by atoms with E-state index < -0.39 is 12.1 Å². The van der Waals surface area contributed by atoms with Crippen molar-refractivity contribution >= 4 is 12.3 Å². The number of hydrogen-bond donors (Lipinski definition) is 0. The van der Waals surface area contributed by atoms with Crippen molar-refractivity contribution in [2.75, 3.05) is 13.7 Å². The summed E-state index contributed by atoms with van der Waals surface area (Å²) >= 11 is 0. The van der Waals surface area contributed by atoms with E-state index >= 15 is 0 Å². The molecule has 0 saturated heterocycles. The zero-order valence-electron chi connectivity index (χ0n) is 10.6. The molecular weight excluding hydrogens is 236 g/mol. The Labute approximate surface area is 106 Å². The lowest BCUT2D eigenvalue weighted by Gasteiger charge is -2.15. The van der Waals surface area contributed by atoms with Crippen LogP contribution < -0.4 is 9.47 Å². The van der Waals surface area contributed by atoms with Gasteiger partial charge in [0.15, 0.2) is 17.6 Å². The van der Waals surface area contributed by atoms with E-state index in [1.807, 2.05) is 6.92 Å². The van der Waals surface area contributed by atoms with Gasteiger partial charge in [0.2, 0.25) is 0 Å². The van der Waals surface area contributed by atoms with Crippen LogP contribution in [0.5, 0.6) is 11.5 Å². The summed E-state index contributed by atoms with van der Waals surface area (Å²) in [6, 6.07) is 4.75. The van der Waals surface area contributed by atoms with Crippen LogP contribution in [0.3, 0.4) is 0 Å². The van der Waals surface area contributed by atoms with Gasteiger partial charge in [-0.2, -0.15) is 0 Å². The van der Waals surface area contributed by atoms with Gasteiger partial charge in [0.05, 0.1) is 13.7 Å². The molecule has 1 rings (SSSR count). The van der Waals surface area contributed by atoms with Crippen molar-refractivity contribution in [3.63, 3.8) is 0 Å². The molecule has 18 heavy (non-hydrogen) atoms. The van der Waals surface area contributed by atoms with Crippen LogP contribution in [0.2, 0.25) is 0 Å². The highest BCUT2D eigenvalue weighted by molar-refractivity contribution is 5.77. The number of methoxy groups -OCH3 is 1. The summed E-state index contributed by atoms with van der Waals surface area (Å²) in [5.74, 6) is 0.357. The highest BCUT2D eigenvalue weighted by Crippen LogP contribution is 2.29. The number of ether oxygens (including phenoxy) is 3. The minimum atomic E-state index is -0.740. The number of rotatable bonds is 6. The lowest BCUT2D eigenvalue weighted by Crippen LogP contribution is -2.25. The van der Waals surface area contributed by atoms with Crippen molar-refractivity contribution in [1.82, 2.24) is 0 Å². The molecule has 0 radical (unpaired) electrons. The first-order valence-corrected chi connectivity index (χ1v) is 5.58. The molecule has 0 aliphatic carbocycles. The first kappa shape index (κ1) is 14.0. The van der Waals surface area contributed by atoms with E-state index in [2.05, 4.69) is 4.74 Å². The molecule has 1 unspecified atom stereocenters. The average molecular weight is 252 g/mol. The molecule has 0 N–H and O–H groups in total. The number of esters is 1. The van der Waals surface area contributed by atoms with Gasteiger partial charge in [-0.25, -0.2) is 4.79 Å². The van der Waals surface area contributed by atoms with Crippen LogP contribution in [0.1, 0.15) is 24.2 Å². The molecule has 1 aromatic carbocycles. The van der Waals surface area contributed by atoms with Gasteiger partial charge < -0.3 is 14.2 Å². The smallest absolute Gasteiger partial charge is 0.346 e. The SMILES string of the molecule is CCOc1cc(C=O)ccc1OC(C)C(=O)OC. The molecule has 98 valence electrons. The Hall–Kier alpha value is -2.04. The van der Waals surface area contributed by atoms with Gasteiger partial charge in [-0.05, 0) is 32.0 Å². The van der Waals surface area contributed by atoms with E-state index in [9.17, 15) is 9.59 Å². The number of hydrogen-bond acceptors (Lipinski definition) is 5. The van der Waals surface area contributed by atoms with Crippen LogP contribution in [0.25, 0.3) is 0 Å². The Morgan fingerprint density at radius 3 is 2.67 bits per heavy atom. The summed E-state index contributed by atoms with van der Waals surface area (Å²) in [6.07, 6.45) is -0.0213. The highest BCUT2D eigenvalue weighted by Gasteiger charge is 2.17. The fourth-order valence-corrected chi connectivity index (χ4v) is 1.37. The average Bonchev–Trinajstić information content (AvgIpc) is 2.39. The van der Waals surface area contributed by atoms with E-state index in [1.165, 1.54) is 7.11 Å². The second-order valence-corrected chi connectivity index (χ2v) is 3.54. The Bertz CT molecular complexity index is 427. The largest absolute Gasteiger partial charge is 0.490 e. The van der Waals surface area contributed by atoms with Crippen molar-refractivity contribution in [2.24, 2.45) is 0 Å². The number of carbonyl (C=O) groups is 2. The van der Waals surface area contributed by atoms with Gasteiger partial charge in [0, 0.05) is 5.56 Å². The number of benzene rings is 1. The van der Waals surface area contributed by atoms with Crippen molar-refractivity contribution in [3.8, 4) is 11.5 Å². The van der Waals surface area contributed by atoms with Crippen molar-refractivity contribution in [2.45, 2.75) is 20.0 Å². The highest BCUT2D eigenvalue weighted by atomic mass is 16.6. The summed E-state index contributed by atoms with van der Waals surface area (Å²) in [5, 5.41) is 0. The minimum Gasteiger partial charge on any atom is -0.490 e. The van der Waals surface area contributed by atoms with Gasteiger partial charge in [-0.1, -0.05) is 0 Å². The predicted molar refractivity (Wildman–Crippen MR) is 65.1 cm³/mol. The first-order valence-electron chi connectivity index (χ1n) is 5.58. The molecule has 5 heteroatoms. The summed E-state index contributed by atoms with van der Waals surface area (Å²) in [4.78, 5) is 21.9. The zero-order chi connectivity index (χ0) is 13.5. The maximum Gasteiger partial charge on any atom is 0.346 e. The molecule has 5 nitrogen and oxygen atoms in total. The van der Waals surface area contributed by atoms with Crippen LogP contribution in [-0.4, -0.2) is 32.1 Å². The Balaban J connectivity index is 2.93. The quantitative estimate of drug-likeness (QED) is 0.571. The predicted octanol–water partition coefficient (Wildman–Crippen LogP) is 1.84. The molecule has 0 aliphatic heterocycles. The van der Waals surface area contributed by atoms with Crippen molar-refractivity contribution in [1.29, 1.82) is 0 Å². The van der Waals surface area contributed by atoms with Crippen molar-refractivity contribution in [3.05, 3.63) is 23.8 Å². The molecule has 1 aromatic rings. The molecule has 0 fully saturated rings. The summed E-state index contributed by atoms with van der Waals surface area (Å²) < 4.78 is 15.4. The van der Waals surface area contributed by atoms with Crippen LogP contribution in [0, 0.1) is 0 Å². The third kappa shape index (κ3) is 3.48. The fourth-order valence-electron chi connectivity index (χ4n) is 1.37. The second-order valence-electron chi connectivity index (χ2n) is 3.54. The molecule has 0 spiro atoms. The van der Waals surface area contributed by atoms with E-state index in [0.717, 1.165) is 6.29 Å². The van der Waals surface area contributed by atoms with E-state index in [0.29, 0.717) is 23.7 Å². The molecule has 0 aliphatic rings. The topological polar surface area (TPSA) is 61.8 Å². The van der Waals surface area contributed by atoms with Gasteiger partial charge in [-0.15, -0.1) is 0 Å². The van der Waals surface area contributed by atoms with Gasteiger partial charge in [-0.3, -0.25) is 4.79 Å². The van der Waals surface area contributed by atoms with Crippen molar-refractivity contribution < 1.29 is 23.8 Å². The molecule has 0 aromatic heterocycles. The normalized spacial score (nSPS) is 11.5. The minimum absolute atomic E-state index is 0.403. The molecular formula is C13H16O5. The van der Waals surface area contributed by atoms with Gasteiger partial charge >= 0.3 is 5.97 Å². The summed E-state index contributed by atoms with van der Waals surface area (Å²) in [5.41, 5.74) is 0.483. The third-order valence-corrected chi connectivity index (χ3v) is 2.24. The second kappa shape index (κ2) is 6.64. The van der Waals surface area contributed by atoms with Gasteiger partial charge in [0.25, 0.3) is 0 Å². The number of carbonyl (C=O) groups excluding carboxylic acids is 2. The van der Waals surface area contributed by atoms with E-state index in [-0.39, 0.29) is 0 Å². The maximum absolute atomic E-state index is 11.3. The maximum atomic E-state index is 11.3. The lowest BCUT2D eigenvalue weighted by atomic mass is 10.2. The van der Waals surface area contributed by atoms with E-state index in [4.69, 9.17) is 9.47 Å². The Morgan fingerprint density at radius 1 is 1.39 bits per heavy atom. The Kier molecular flexibility index (Phi) is 5.17. The van der Waals surface area contributed by atoms with Crippen LogP contribution in [-0.2, 0) is 9.53 Å². The van der Waals surface area contributed by atoms with Crippen LogP contribution >= 0.6 is 0 Å².